The fourth-order valence-electron chi connectivity index (χ4n) is 8.89. The van der Waals surface area contributed by atoms with Crippen LogP contribution in [0.4, 0.5) is 18.9 Å². The Hall–Kier alpha value is -5.92. The summed E-state index contributed by atoms with van der Waals surface area (Å²) in [4.78, 5) is 56.6. The van der Waals surface area contributed by atoms with Crippen molar-refractivity contribution in [3.63, 3.8) is 0 Å². The highest BCUT2D eigenvalue weighted by atomic mass is 35.5. The Bertz CT molecular complexity index is 2740. The van der Waals surface area contributed by atoms with Gasteiger partial charge in [0.25, 0.3) is 5.91 Å². The van der Waals surface area contributed by atoms with E-state index in [4.69, 9.17) is 42.1 Å². The van der Waals surface area contributed by atoms with E-state index in [0.29, 0.717) is 78.5 Å². The van der Waals surface area contributed by atoms with Gasteiger partial charge in [0.05, 0.1) is 46.9 Å². The van der Waals surface area contributed by atoms with E-state index >= 15 is 0 Å². The first-order valence-corrected chi connectivity index (χ1v) is 23.1. The third kappa shape index (κ3) is 10.8. The van der Waals surface area contributed by atoms with E-state index in [-0.39, 0.29) is 23.5 Å². The van der Waals surface area contributed by atoms with Gasteiger partial charge in [0.2, 0.25) is 5.91 Å². The normalized spacial score (nSPS) is 16.8. The predicted molar refractivity (Wildman–Crippen MR) is 248 cm³/mol. The number of carboxylic acid groups (broad SMARTS) is 1. The molecule has 1 aliphatic carbocycles. The van der Waals surface area contributed by atoms with Gasteiger partial charge in [-0.2, -0.15) is 18.3 Å². The lowest BCUT2D eigenvalue weighted by Gasteiger charge is -2.32. The maximum absolute atomic E-state index is 13.9. The van der Waals surface area contributed by atoms with E-state index in [0.717, 1.165) is 70.3 Å². The number of carbonyl (C=O) groups is 4. The number of halogens is 4. The summed E-state index contributed by atoms with van der Waals surface area (Å²) in [6, 6.07) is 12.6. The first-order chi connectivity index (χ1) is 31.6. The summed E-state index contributed by atoms with van der Waals surface area (Å²) in [6.45, 7) is 15.1. The molecular formula is C47H53ClF3N9O6S. The highest BCUT2D eigenvalue weighted by molar-refractivity contribution is 7.15. The van der Waals surface area contributed by atoms with E-state index in [1.165, 1.54) is 4.88 Å². The minimum atomic E-state index is -5.08. The number of aliphatic imine (C=N–C) groups is 1. The van der Waals surface area contributed by atoms with Crippen molar-refractivity contribution in [1.82, 2.24) is 29.4 Å². The molecule has 4 N–H and O–H groups in total. The van der Waals surface area contributed by atoms with Crippen molar-refractivity contribution in [2.45, 2.75) is 92.3 Å². The number of amides is 2. The standard InChI is InChI=1S/C45H52ClN9O4S.C2HF3O2/c1-25-27(3)60-44-39(25)41(30-7-9-31(46)10-8-30)49-35(43-51-50-28(4)54(43)44)22-38(57)53-17-13-29(14-18-53)15-19-59-20-16-48-34-21-32(11-12-33(34)42(47)58)55-36-23-45(5,6)24-37(56)40(36)26(2)52-55;3-2(4,5)1(6)7/h7-12,21,29,35,48H,13-20,22-24H2,1-6H3,(H2,47,58);(H,6,7)/t35-;/m0./s1. The molecule has 67 heavy (non-hydrogen) atoms. The molecule has 0 unspecified atom stereocenters. The predicted octanol–water partition coefficient (Wildman–Crippen LogP) is 8.33. The van der Waals surface area contributed by atoms with Gasteiger partial charge < -0.3 is 25.8 Å². The quantitative estimate of drug-likeness (QED) is 0.102. The number of nitrogens with one attached hydrogen (secondary N) is 1. The van der Waals surface area contributed by atoms with Gasteiger partial charge in [-0.1, -0.05) is 37.6 Å². The average molecular weight is 965 g/mol. The molecule has 5 heterocycles. The number of aromatic nitrogens is 5. The van der Waals surface area contributed by atoms with Gasteiger partial charge in [0.15, 0.2) is 11.6 Å². The number of aliphatic carboxylic acids is 1. The molecule has 3 aromatic heterocycles. The maximum atomic E-state index is 13.9. The lowest BCUT2D eigenvalue weighted by molar-refractivity contribution is -0.192. The number of anilines is 1. The third-order valence-corrected chi connectivity index (χ3v) is 13.8. The second-order valence-electron chi connectivity index (χ2n) is 17.9. The van der Waals surface area contributed by atoms with Crippen molar-refractivity contribution in [2.24, 2.45) is 22.1 Å². The highest BCUT2D eigenvalue weighted by Crippen LogP contribution is 2.41. The molecule has 0 saturated carbocycles. The van der Waals surface area contributed by atoms with E-state index in [2.05, 4.69) is 47.8 Å². The molecule has 3 aliphatic rings. The van der Waals surface area contributed by atoms with Crippen LogP contribution >= 0.6 is 22.9 Å². The first kappa shape index (κ1) is 49.0. The smallest absolute Gasteiger partial charge is 0.475 e. The summed E-state index contributed by atoms with van der Waals surface area (Å²) in [6.07, 6.45) is -0.977. The van der Waals surface area contributed by atoms with Gasteiger partial charge in [0, 0.05) is 59.4 Å². The number of ketones is 1. The third-order valence-electron chi connectivity index (χ3n) is 12.4. The summed E-state index contributed by atoms with van der Waals surface area (Å²) < 4.78 is 41.7. The van der Waals surface area contributed by atoms with Gasteiger partial charge in [-0.25, -0.2) is 9.48 Å². The minimum absolute atomic E-state index is 0.0599. The van der Waals surface area contributed by atoms with Crippen LogP contribution in [-0.2, 0) is 20.7 Å². The van der Waals surface area contributed by atoms with Crippen LogP contribution in [0.25, 0.3) is 10.7 Å². The summed E-state index contributed by atoms with van der Waals surface area (Å²) in [7, 11) is 0. The number of hydrogen-bond acceptors (Lipinski definition) is 11. The zero-order chi connectivity index (χ0) is 48.5. The van der Waals surface area contributed by atoms with Crippen LogP contribution in [0.5, 0.6) is 0 Å². The molecule has 1 atom stereocenters. The summed E-state index contributed by atoms with van der Waals surface area (Å²) in [5.74, 6) is -1.22. The lowest BCUT2D eigenvalue weighted by atomic mass is 9.75. The highest BCUT2D eigenvalue weighted by Gasteiger charge is 2.39. The lowest BCUT2D eigenvalue weighted by Crippen LogP contribution is -2.39. The Labute approximate surface area is 394 Å². The number of thiophene rings is 1. The molecule has 0 bridgehead atoms. The number of nitrogens with two attached hydrogens (primary N) is 1. The molecule has 15 nitrogen and oxygen atoms in total. The molecule has 5 aromatic rings. The molecule has 2 amide bonds. The summed E-state index contributed by atoms with van der Waals surface area (Å²) in [5, 5.41) is 25.9. The van der Waals surface area contributed by atoms with Crippen molar-refractivity contribution in [2.75, 3.05) is 38.2 Å². The second-order valence-corrected chi connectivity index (χ2v) is 19.6. The number of carboxylic acids is 1. The minimum Gasteiger partial charge on any atom is -0.475 e. The molecule has 20 heteroatoms. The number of Topliss-reactive ketones (excluding diaryl/α,β-unsaturated/α-hetero) is 1. The fourth-order valence-corrected chi connectivity index (χ4v) is 10.2. The number of fused-ring (bicyclic) bond motifs is 4. The van der Waals surface area contributed by atoms with Crippen LogP contribution < -0.4 is 11.1 Å². The summed E-state index contributed by atoms with van der Waals surface area (Å²) in [5.41, 5.74) is 13.6. The largest absolute Gasteiger partial charge is 0.490 e. The number of likely N-dealkylation sites (tertiary alicyclic amines) is 1. The topological polar surface area (TPSA) is 200 Å². The number of nitrogens with zero attached hydrogens (tertiary/aromatic N) is 7. The number of piperidine rings is 1. The van der Waals surface area contributed by atoms with Crippen LogP contribution in [0, 0.1) is 39.0 Å². The van der Waals surface area contributed by atoms with Crippen molar-refractivity contribution in [1.29, 1.82) is 0 Å². The van der Waals surface area contributed by atoms with Crippen molar-refractivity contribution in [3.8, 4) is 10.7 Å². The van der Waals surface area contributed by atoms with Crippen molar-refractivity contribution >= 4 is 57.9 Å². The average Bonchev–Trinajstić information content (AvgIpc) is 3.87. The Morgan fingerprint density at radius 2 is 1.69 bits per heavy atom. The van der Waals surface area contributed by atoms with Gasteiger partial charge in [-0.3, -0.25) is 23.9 Å². The van der Waals surface area contributed by atoms with E-state index in [9.17, 15) is 27.6 Å². The summed E-state index contributed by atoms with van der Waals surface area (Å²) >= 11 is 7.97. The molecule has 0 spiro atoms. The van der Waals surface area contributed by atoms with Gasteiger partial charge in [-0.05, 0) is 101 Å². The zero-order valence-electron chi connectivity index (χ0n) is 38.1. The zero-order valence-corrected chi connectivity index (χ0v) is 39.7. The van der Waals surface area contributed by atoms with Gasteiger partial charge >= 0.3 is 12.1 Å². The van der Waals surface area contributed by atoms with Crippen molar-refractivity contribution in [3.05, 3.63) is 103 Å². The van der Waals surface area contributed by atoms with Crippen molar-refractivity contribution < 1.29 is 42.2 Å². The van der Waals surface area contributed by atoms with Crippen LogP contribution in [0.15, 0.2) is 47.5 Å². The Morgan fingerprint density at radius 1 is 1.00 bits per heavy atom. The van der Waals surface area contributed by atoms with E-state index in [1.54, 1.807) is 17.4 Å². The number of aryl methyl sites for hydroxylation is 3. The molecular weight excluding hydrogens is 911 g/mol. The number of ether oxygens (including phenoxy) is 1. The molecule has 356 valence electrons. The SMILES string of the molecule is Cc1nn(-c2ccc(C(N)=O)c(NCCOCCC3CCN(C(=O)C[C@@H]4N=C(c5ccc(Cl)cc5)c5c(sc(C)c5C)-n5c(C)nnc54)CC3)c2)c2c1C(=O)CC(C)(C)C2.O=C(O)C(F)(F)F. The molecule has 1 saturated heterocycles. The number of primary amides is 1. The molecule has 1 fully saturated rings. The number of benzene rings is 2. The first-order valence-electron chi connectivity index (χ1n) is 21.9. The number of hydrogen-bond donors (Lipinski definition) is 3. The van der Waals surface area contributed by atoms with Gasteiger partial charge in [-0.15, -0.1) is 21.5 Å². The van der Waals surface area contributed by atoms with Crippen LogP contribution in [-0.4, -0.2) is 103 Å². The number of alkyl halides is 3. The molecule has 2 aliphatic heterocycles. The molecule has 2 aromatic carbocycles. The van der Waals surface area contributed by atoms with Gasteiger partial charge in [0.1, 0.15) is 16.9 Å². The number of carbonyl (C=O) groups excluding carboxylic acids is 3. The van der Waals surface area contributed by atoms with Crippen LogP contribution in [0.2, 0.25) is 5.02 Å². The maximum Gasteiger partial charge on any atom is 0.490 e. The Balaban J connectivity index is 0.000000883. The van der Waals surface area contributed by atoms with Crippen LogP contribution in [0.3, 0.4) is 0 Å². The Morgan fingerprint density at radius 3 is 2.34 bits per heavy atom. The monoisotopic (exact) mass is 963 g/mol. The second kappa shape index (κ2) is 19.7. The van der Waals surface area contributed by atoms with Crippen LogP contribution in [0.1, 0.15) is 117 Å². The fraction of sp³-hybridized carbons (Fsp3) is 0.447. The number of rotatable bonds is 12. The molecule has 8 rings (SSSR count). The Kier molecular flexibility index (Phi) is 14.4. The van der Waals surface area contributed by atoms with E-state index < -0.39 is 24.1 Å². The molecule has 0 radical (unpaired) electrons. The van der Waals surface area contributed by atoms with E-state index in [1.807, 2.05) is 59.8 Å².